The Morgan fingerprint density at radius 3 is 2.50 bits per heavy atom. The van der Waals surface area contributed by atoms with Crippen molar-refractivity contribution in [1.29, 1.82) is 0 Å². The van der Waals surface area contributed by atoms with Gasteiger partial charge in [0.2, 0.25) is 0 Å². The first-order valence-corrected chi connectivity index (χ1v) is 6.52. The third kappa shape index (κ3) is 2.88. The molecule has 0 atom stereocenters. The van der Waals surface area contributed by atoms with Gasteiger partial charge in [0.1, 0.15) is 5.69 Å². The zero-order valence-corrected chi connectivity index (χ0v) is 12.1. The molecule has 0 saturated heterocycles. The van der Waals surface area contributed by atoms with Crippen molar-refractivity contribution in [3.63, 3.8) is 0 Å². The van der Waals surface area contributed by atoms with Gasteiger partial charge in [-0.05, 0) is 17.7 Å². The largest absolute Gasteiger partial charge is 0.330 e. The first kappa shape index (κ1) is 14.3. The van der Waals surface area contributed by atoms with Gasteiger partial charge in [0, 0.05) is 24.7 Å². The lowest BCUT2D eigenvalue weighted by molar-refractivity contribution is 0.101. The van der Waals surface area contributed by atoms with Gasteiger partial charge >= 0.3 is 0 Å². The summed E-state index contributed by atoms with van der Waals surface area (Å²) in [4.78, 5) is 16.0. The third-order valence-corrected chi connectivity index (χ3v) is 3.48. The molecule has 5 heteroatoms. The van der Waals surface area contributed by atoms with Crippen molar-refractivity contribution in [1.82, 2.24) is 9.55 Å². The molecule has 106 valence electrons. The SMILES string of the molecule is Cn1cncc1C(=O)Nc1ccc(C(C)(C)CN)cc1. The zero-order valence-electron chi connectivity index (χ0n) is 12.1. The second kappa shape index (κ2) is 5.46. The van der Waals surface area contributed by atoms with E-state index in [1.807, 2.05) is 24.3 Å². The van der Waals surface area contributed by atoms with Crippen LogP contribution < -0.4 is 11.1 Å². The molecule has 0 spiro atoms. The summed E-state index contributed by atoms with van der Waals surface area (Å²) in [6.07, 6.45) is 3.14. The summed E-state index contributed by atoms with van der Waals surface area (Å²) in [5, 5.41) is 2.85. The van der Waals surface area contributed by atoms with E-state index in [4.69, 9.17) is 5.73 Å². The van der Waals surface area contributed by atoms with Gasteiger partial charge in [0.25, 0.3) is 5.91 Å². The Morgan fingerprint density at radius 1 is 1.35 bits per heavy atom. The van der Waals surface area contributed by atoms with Crippen LogP contribution in [0.3, 0.4) is 0 Å². The number of hydrogen-bond acceptors (Lipinski definition) is 3. The molecule has 0 unspecified atom stereocenters. The van der Waals surface area contributed by atoms with Crippen LogP contribution in [0.4, 0.5) is 5.69 Å². The molecule has 2 rings (SSSR count). The van der Waals surface area contributed by atoms with Crippen molar-refractivity contribution in [2.24, 2.45) is 12.8 Å². The number of nitrogens with two attached hydrogens (primary N) is 1. The molecule has 2 aromatic rings. The van der Waals surface area contributed by atoms with Gasteiger partial charge in [-0.15, -0.1) is 0 Å². The maximum atomic E-state index is 12.0. The highest BCUT2D eigenvalue weighted by Crippen LogP contribution is 2.23. The van der Waals surface area contributed by atoms with Crippen molar-refractivity contribution < 1.29 is 4.79 Å². The van der Waals surface area contributed by atoms with Crippen LogP contribution in [0, 0.1) is 0 Å². The Morgan fingerprint density at radius 2 is 2.00 bits per heavy atom. The summed E-state index contributed by atoms with van der Waals surface area (Å²) in [7, 11) is 1.79. The number of carbonyl (C=O) groups excluding carboxylic acids is 1. The molecule has 0 aliphatic heterocycles. The Hall–Kier alpha value is -2.14. The van der Waals surface area contributed by atoms with Gasteiger partial charge in [-0.3, -0.25) is 4.79 Å². The van der Waals surface area contributed by atoms with E-state index in [1.165, 1.54) is 0 Å². The quantitative estimate of drug-likeness (QED) is 0.893. The first-order valence-electron chi connectivity index (χ1n) is 6.52. The molecular weight excluding hydrogens is 252 g/mol. The number of nitrogens with zero attached hydrogens (tertiary/aromatic N) is 2. The van der Waals surface area contributed by atoms with Crippen LogP contribution >= 0.6 is 0 Å². The van der Waals surface area contributed by atoms with Crippen LogP contribution in [0.25, 0.3) is 0 Å². The second-order valence-electron chi connectivity index (χ2n) is 5.51. The molecule has 1 amide bonds. The van der Waals surface area contributed by atoms with E-state index in [0.29, 0.717) is 12.2 Å². The molecule has 3 N–H and O–H groups in total. The molecule has 20 heavy (non-hydrogen) atoms. The maximum Gasteiger partial charge on any atom is 0.273 e. The van der Waals surface area contributed by atoms with Crippen molar-refractivity contribution in [3.05, 3.63) is 48.0 Å². The van der Waals surface area contributed by atoms with Crippen LogP contribution in [-0.4, -0.2) is 22.0 Å². The number of amides is 1. The Kier molecular flexibility index (Phi) is 3.90. The minimum absolute atomic E-state index is 0.0649. The number of aromatic nitrogens is 2. The first-order chi connectivity index (χ1) is 9.44. The van der Waals surface area contributed by atoms with E-state index >= 15 is 0 Å². The molecule has 0 radical (unpaired) electrons. The number of imidazole rings is 1. The summed E-state index contributed by atoms with van der Waals surface area (Å²) >= 11 is 0. The highest BCUT2D eigenvalue weighted by molar-refractivity contribution is 6.02. The number of aryl methyl sites for hydroxylation is 1. The van der Waals surface area contributed by atoms with Crippen LogP contribution in [0.1, 0.15) is 29.9 Å². The molecule has 5 nitrogen and oxygen atoms in total. The smallest absolute Gasteiger partial charge is 0.273 e. The highest BCUT2D eigenvalue weighted by atomic mass is 16.1. The lowest BCUT2D eigenvalue weighted by atomic mass is 9.85. The van der Waals surface area contributed by atoms with Crippen molar-refractivity contribution in [2.45, 2.75) is 19.3 Å². The van der Waals surface area contributed by atoms with Gasteiger partial charge in [0.15, 0.2) is 0 Å². The topological polar surface area (TPSA) is 72.9 Å². The molecule has 0 aliphatic rings. The van der Waals surface area contributed by atoms with Crippen molar-refractivity contribution in [3.8, 4) is 0 Å². The summed E-state index contributed by atoms with van der Waals surface area (Å²) in [5.41, 5.74) is 8.13. The van der Waals surface area contributed by atoms with E-state index in [-0.39, 0.29) is 11.3 Å². The summed E-state index contributed by atoms with van der Waals surface area (Å²) in [6.45, 7) is 4.76. The molecule has 1 heterocycles. The van der Waals surface area contributed by atoms with Gasteiger partial charge in [-0.1, -0.05) is 26.0 Å². The fourth-order valence-corrected chi connectivity index (χ4v) is 1.89. The summed E-state index contributed by atoms with van der Waals surface area (Å²) in [6, 6.07) is 7.76. The fourth-order valence-electron chi connectivity index (χ4n) is 1.89. The maximum absolute atomic E-state index is 12.0. The Labute approximate surface area is 118 Å². The fraction of sp³-hybridized carbons (Fsp3) is 0.333. The highest BCUT2D eigenvalue weighted by Gasteiger charge is 2.18. The molecule has 0 saturated carbocycles. The summed E-state index contributed by atoms with van der Waals surface area (Å²) < 4.78 is 1.68. The third-order valence-electron chi connectivity index (χ3n) is 3.48. The van der Waals surface area contributed by atoms with Gasteiger partial charge < -0.3 is 15.6 Å². The zero-order chi connectivity index (χ0) is 14.8. The molecule has 0 fully saturated rings. The van der Waals surface area contributed by atoms with Gasteiger partial charge in [-0.2, -0.15) is 0 Å². The lowest BCUT2D eigenvalue weighted by Crippen LogP contribution is -2.28. The number of hydrogen-bond donors (Lipinski definition) is 2. The average molecular weight is 272 g/mol. The monoisotopic (exact) mass is 272 g/mol. The molecule has 0 aliphatic carbocycles. The van der Waals surface area contributed by atoms with Crippen molar-refractivity contribution in [2.75, 3.05) is 11.9 Å². The average Bonchev–Trinajstić information content (AvgIpc) is 2.85. The summed E-state index contributed by atoms with van der Waals surface area (Å²) in [5.74, 6) is -0.171. The molecular formula is C15H20N4O. The second-order valence-corrected chi connectivity index (χ2v) is 5.51. The number of benzene rings is 1. The van der Waals surface area contributed by atoms with Gasteiger partial charge in [-0.25, -0.2) is 4.98 Å². The number of nitrogens with one attached hydrogen (secondary N) is 1. The molecule has 1 aromatic heterocycles. The minimum Gasteiger partial charge on any atom is -0.330 e. The van der Waals surface area contributed by atoms with E-state index in [1.54, 1.807) is 24.1 Å². The van der Waals surface area contributed by atoms with Crippen LogP contribution in [-0.2, 0) is 12.5 Å². The van der Waals surface area contributed by atoms with E-state index < -0.39 is 0 Å². The standard InChI is InChI=1S/C15H20N4O/c1-15(2,9-16)11-4-6-12(7-5-11)18-14(20)13-8-17-10-19(13)3/h4-8,10H,9,16H2,1-3H3,(H,18,20). The predicted octanol–water partition coefficient (Wildman–Crippen LogP) is 1.91. The number of carbonyl (C=O) groups is 1. The van der Waals surface area contributed by atoms with E-state index in [2.05, 4.69) is 24.1 Å². The Bertz CT molecular complexity index is 599. The number of rotatable bonds is 4. The van der Waals surface area contributed by atoms with Crippen LogP contribution in [0.5, 0.6) is 0 Å². The lowest BCUT2D eigenvalue weighted by Gasteiger charge is -2.23. The Balaban J connectivity index is 2.12. The van der Waals surface area contributed by atoms with Crippen LogP contribution in [0.15, 0.2) is 36.8 Å². The van der Waals surface area contributed by atoms with Crippen molar-refractivity contribution >= 4 is 11.6 Å². The van der Waals surface area contributed by atoms with E-state index in [9.17, 15) is 4.79 Å². The van der Waals surface area contributed by atoms with Crippen LogP contribution in [0.2, 0.25) is 0 Å². The minimum atomic E-state index is -0.171. The van der Waals surface area contributed by atoms with Gasteiger partial charge in [0.05, 0.1) is 12.5 Å². The number of anilines is 1. The molecule has 0 bridgehead atoms. The normalized spacial score (nSPS) is 11.4. The molecule has 1 aromatic carbocycles. The predicted molar refractivity (Wildman–Crippen MR) is 79.7 cm³/mol. The van der Waals surface area contributed by atoms with E-state index in [0.717, 1.165) is 11.3 Å².